The summed E-state index contributed by atoms with van der Waals surface area (Å²) < 4.78 is 21.5. The highest BCUT2D eigenvalue weighted by Crippen LogP contribution is 2.39. The van der Waals surface area contributed by atoms with Gasteiger partial charge in [0, 0.05) is 18.2 Å². The number of benzene rings is 2. The number of carbonyl (C=O) groups is 1. The molecule has 0 unspecified atom stereocenters. The molecule has 0 bridgehead atoms. The first-order valence-corrected chi connectivity index (χ1v) is 10.3. The first kappa shape index (κ1) is 21.8. The van der Waals surface area contributed by atoms with Crippen LogP contribution in [-0.2, 0) is 11.2 Å². The van der Waals surface area contributed by atoms with Crippen molar-refractivity contribution < 1.29 is 23.7 Å². The molecule has 0 spiro atoms. The first-order valence-electron chi connectivity index (χ1n) is 10.3. The molecule has 1 atom stereocenters. The van der Waals surface area contributed by atoms with E-state index in [1.54, 1.807) is 28.4 Å². The van der Waals surface area contributed by atoms with Crippen molar-refractivity contribution in [2.75, 3.05) is 33.3 Å². The van der Waals surface area contributed by atoms with Gasteiger partial charge in [-0.3, -0.25) is 4.79 Å². The van der Waals surface area contributed by atoms with Gasteiger partial charge in [-0.25, -0.2) is 0 Å². The van der Waals surface area contributed by atoms with Crippen LogP contribution in [0.3, 0.4) is 0 Å². The van der Waals surface area contributed by atoms with Gasteiger partial charge in [0.25, 0.3) is 0 Å². The molecule has 2 aromatic carbocycles. The van der Waals surface area contributed by atoms with Gasteiger partial charge < -0.3 is 23.8 Å². The van der Waals surface area contributed by atoms with E-state index in [0.717, 1.165) is 17.0 Å². The van der Waals surface area contributed by atoms with E-state index in [1.165, 1.54) is 12.8 Å². The Morgan fingerprint density at radius 2 is 1.57 bits per heavy atom. The monoisotopic (exact) mass is 413 g/mol. The van der Waals surface area contributed by atoms with Gasteiger partial charge in [-0.05, 0) is 74.1 Å². The zero-order valence-electron chi connectivity index (χ0n) is 18.4. The molecule has 2 aromatic rings. The summed E-state index contributed by atoms with van der Waals surface area (Å²) in [6.45, 7) is 2.14. The van der Waals surface area contributed by atoms with Gasteiger partial charge in [-0.15, -0.1) is 0 Å². The highest BCUT2D eigenvalue weighted by atomic mass is 16.5. The summed E-state index contributed by atoms with van der Waals surface area (Å²) in [5.41, 5.74) is 1.87. The highest BCUT2D eigenvalue weighted by Gasteiger charge is 2.35. The minimum absolute atomic E-state index is 0.105. The summed E-state index contributed by atoms with van der Waals surface area (Å²) in [5.74, 6) is 3.20. The van der Waals surface area contributed by atoms with E-state index in [1.807, 2.05) is 41.3 Å². The maximum atomic E-state index is 13.3. The number of amides is 1. The SMILES string of the molecule is COc1ccc(N(C(=O)CCc2cc(OC)c(OC)c(OC)c2)[C@@H](C)C2CC2)cc1. The van der Waals surface area contributed by atoms with Crippen molar-refractivity contribution in [3.05, 3.63) is 42.0 Å². The molecule has 3 rings (SSSR count). The maximum absolute atomic E-state index is 13.3. The van der Waals surface area contributed by atoms with E-state index in [9.17, 15) is 4.79 Å². The summed E-state index contributed by atoms with van der Waals surface area (Å²) in [7, 11) is 6.40. The van der Waals surface area contributed by atoms with Crippen molar-refractivity contribution in [3.63, 3.8) is 0 Å². The second-order valence-corrected chi connectivity index (χ2v) is 7.57. The zero-order chi connectivity index (χ0) is 21.7. The minimum atomic E-state index is 0.105. The molecule has 1 aliphatic carbocycles. The van der Waals surface area contributed by atoms with Crippen LogP contribution in [0.1, 0.15) is 31.7 Å². The number of hydrogen-bond donors (Lipinski definition) is 0. The lowest BCUT2D eigenvalue weighted by Gasteiger charge is -2.30. The molecule has 0 saturated heterocycles. The van der Waals surface area contributed by atoms with Gasteiger partial charge >= 0.3 is 0 Å². The smallest absolute Gasteiger partial charge is 0.227 e. The molecule has 0 N–H and O–H groups in total. The van der Waals surface area contributed by atoms with E-state index >= 15 is 0 Å². The third-order valence-electron chi connectivity index (χ3n) is 5.68. The summed E-state index contributed by atoms with van der Waals surface area (Å²) in [6, 6.07) is 11.7. The second kappa shape index (κ2) is 9.74. The molecule has 162 valence electrons. The molecule has 0 heterocycles. The number of ether oxygens (including phenoxy) is 4. The average molecular weight is 414 g/mol. The van der Waals surface area contributed by atoms with Crippen LogP contribution >= 0.6 is 0 Å². The molecule has 6 nitrogen and oxygen atoms in total. The van der Waals surface area contributed by atoms with Crippen molar-refractivity contribution in [1.82, 2.24) is 0 Å². The Morgan fingerprint density at radius 3 is 2.03 bits per heavy atom. The normalized spacial score (nSPS) is 14.0. The maximum Gasteiger partial charge on any atom is 0.227 e. The number of methoxy groups -OCH3 is 4. The Hall–Kier alpha value is -2.89. The molecular formula is C24H31NO5. The van der Waals surface area contributed by atoms with Crippen molar-refractivity contribution in [1.29, 1.82) is 0 Å². The van der Waals surface area contributed by atoms with E-state index in [4.69, 9.17) is 18.9 Å². The Balaban J connectivity index is 1.79. The van der Waals surface area contributed by atoms with Crippen LogP contribution in [0.25, 0.3) is 0 Å². The van der Waals surface area contributed by atoms with E-state index in [-0.39, 0.29) is 11.9 Å². The molecule has 30 heavy (non-hydrogen) atoms. The average Bonchev–Trinajstić information content (AvgIpc) is 3.63. The zero-order valence-corrected chi connectivity index (χ0v) is 18.4. The number of nitrogens with zero attached hydrogens (tertiary/aromatic N) is 1. The number of carbonyl (C=O) groups excluding carboxylic acids is 1. The van der Waals surface area contributed by atoms with Gasteiger partial charge in [0.15, 0.2) is 11.5 Å². The number of anilines is 1. The van der Waals surface area contributed by atoms with E-state index < -0.39 is 0 Å². The van der Waals surface area contributed by atoms with Crippen LogP contribution in [0.4, 0.5) is 5.69 Å². The van der Waals surface area contributed by atoms with Gasteiger partial charge in [0.1, 0.15) is 5.75 Å². The minimum Gasteiger partial charge on any atom is -0.497 e. The molecular weight excluding hydrogens is 382 g/mol. The van der Waals surface area contributed by atoms with Crippen LogP contribution in [0.2, 0.25) is 0 Å². The van der Waals surface area contributed by atoms with Crippen LogP contribution in [0.15, 0.2) is 36.4 Å². The van der Waals surface area contributed by atoms with Gasteiger partial charge in [-0.1, -0.05) is 0 Å². The van der Waals surface area contributed by atoms with Crippen LogP contribution in [0, 0.1) is 5.92 Å². The van der Waals surface area contributed by atoms with Crippen molar-refractivity contribution in [2.45, 2.75) is 38.6 Å². The van der Waals surface area contributed by atoms with Gasteiger partial charge in [-0.2, -0.15) is 0 Å². The standard InChI is InChI=1S/C24H31NO5/c1-16(18-7-8-18)25(19-9-11-20(27-2)12-10-19)23(26)13-6-17-14-21(28-3)24(30-5)22(15-17)29-4/h9-12,14-16,18H,6-8,13H2,1-5H3/t16-/m0/s1. The Bertz CT molecular complexity index is 835. The molecule has 0 aliphatic heterocycles. The van der Waals surface area contributed by atoms with Gasteiger partial charge in [0.05, 0.1) is 28.4 Å². The highest BCUT2D eigenvalue weighted by molar-refractivity contribution is 5.94. The number of rotatable bonds is 10. The van der Waals surface area contributed by atoms with Crippen molar-refractivity contribution in [2.24, 2.45) is 5.92 Å². The fourth-order valence-corrected chi connectivity index (χ4v) is 3.79. The Morgan fingerprint density at radius 1 is 0.967 bits per heavy atom. The number of hydrogen-bond acceptors (Lipinski definition) is 5. The molecule has 1 fully saturated rings. The third kappa shape index (κ3) is 4.81. The van der Waals surface area contributed by atoms with Crippen molar-refractivity contribution in [3.8, 4) is 23.0 Å². The van der Waals surface area contributed by atoms with Crippen LogP contribution in [-0.4, -0.2) is 40.4 Å². The fraction of sp³-hybridized carbons (Fsp3) is 0.458. The summed E-state index contributed by atoms with van der Waals surface area (Å²) in [6.07, 6.45) is 3.32. The first-order chi connectivity index (χ1) is 14.5. The lowest BCUT2D eigenvalue weighted by Crippen LogP contribution is -2.40. The molecule has 0 aromatic heterocycles. The van der Waals surface area contributed by atoms with Gasteiger partial charge in [0.2, 0.25) is 11.7 Å². The van der Waals surface area contributed by atoms with E-state index in [2.05, 4.69) is 6.92 Å². The third-order valence-corrected chi connectivity index (χ3v) is 5.68. The van der Waals surface area contributed by atoms with Crippen LogP contribution < -0.4 is 23.8 Å². The van der Waals surface area contributed by atoms with Crippen LogP contribution in [0.5, 0.6) is 23.0 Å². The topological polar surface area (TPSA) is 57.2 Å². The summed E-state index contributed by atoms with van der Waals surface area (Å²) in [5, 5.41) is 0. The lowest BCUT2D eigenvalue weighted by molar-refractivity contribution is -0.119. The lowest BCUT2D eigenvalue weighted by atomic mass is 10.1. The second-order valence-electron chi connectivity index (χ2n) is 7.57. The predicted octanol–water partition coefficient (Wildman–Crippen LogP) is 4.49. The Kier molecular flexibility index (Phi) is 7.08. The molecule has 1 saturated carbocycles. The van der Waals surface area contributed by atoms with Crippen molar-refractivity contribution >= 4 is 11.6 Å². The largest absolute Gasteiger partial charge is 0.497 e. The summed E-state index contributed by atoms with van der Waals surface area (Å²) in [4.78, 5) is 15.2. The fourth-order valence-electron chi connectivity index (χ4n) is 3.79. The Labute approximate surface area is 178 Å². The summed E-state index contributed by atoms with van der Waals surface area (Å²) >= 11 is 0. The molecule has 0 radical (unpaired) electrons. The molecule has 6 heteroatoms. The predicted molar refractivity (Wildman–Crippen MR) is 117 cm³/mol. The number of aryl methyl sites for hydroxylation is 1. The quantitative estimate of drug-likeness (QED) is 0.575. The van der Waals surface area contributed by atoms with E-state index in [0.29, 0.717) is 36.0 Å². The molecule has 1 aliphatic rings. The molecule has 1 amide bonds.